The Bertz CT molecular complexity index is 693. The monoisotopic (exact) mass is 377 g/mol. The second-order valence-corrected chi connectivity index (χ2v) is 5.62. The van der Waals surface area contributed by atoms with Crippen molar-refractivity contribution in [3.05, 3.63) is 65.7 Å². The summed E-state index contributed by atoms with van der Waals surface area (Å²) < 4.78 is 5.08. The first-order chi connectivity index (χ1) is 12.1. The molecule has 1 unspecified atom stereocenters. The minimum atomic E-state index is -0.386. The van der Waals surface area contributed by atoms with Crippen molar-refractivity contribution in [1.29, 1.82) is 0 Å². The fourth-order valence-corrected chi connectivity index (χ4v) is 2.28. The number of rotatable bonds is 8. The fourth-order valence-electron chi connectivity index (χ4n) is 2.28. The van der Waals surface area contributed by atoms with Gasteiger partial charge < -0.3 is 21.1 Å². The molecule has 0 fully saturated rings. The number of nitrogens with one attached hydrogen (secondary N) is 2. The first-order valence-corrected chi connectivity index (χ1v) is 8.05. The van der Waals surface area contributed by atoms with E-state index in [0.717, 1.165) is 16.9 Å². The molecule has 0 saturated heterocycles. The number of ether oxygens (including phenoxy) is 1. The molecule has 2 amide bonds. The molecule has 0 aliphatic carbocycles. The minimum absolute atomic E-state index is 0. The molecule has 140 valence electrons. The third kappa shape index (κ3) is 7.13. The van der Waals surface area contributed by atoms with Crippen LogP contribution >= 0.6 is 12.4 Å². The predicted molar refractivity (Wildman–Crippen MR) is 103 cm³/mol. The van der Waals surface area contributed by atoms with Crippen molar-refractivity contribution in [3.8, 4) is 5.75 Å². The van der Waals surface area contributed by atoms with Gasteiger partial charge in [-0.15, -0.1) is 12.4 Å². The molecule has 26 heavy (non-hydrogen) atoms. The van der Waals surface area contributed by atoms with Gasteiger partial charge >= 0.3 is 0 Å². The Balaban J connectivity index is 0.00000338. The number of benzene rings is 2. The van der Waals surface area contributed by atoms with Crippen LogP contribution in [-0.2, 0) is 16.1 Å². The maximum Gasteiger partial charge on any atom is 0.239 e. The molecule has 0 bridgehead atoms. The molecule has 0 aromatic heterocycles. The number of halogens is 1. The number of hydrogen-bond donors (Lipinski definition) is 3. The lowest BCUT2D eigenvalue weighted by atomic mass is 10.0. The molecule has 0 aliphatic heterocycles. The van der Waals surface area contributed by atoms with Crippen LogP contribution in [0.15, 0.2) is 54.6 Å². The summed E-state index contributed by atoms with van der Waals surface area (Å²) in [6.45, 7) is 0.318. The van der Waals surface area contributed by atoms with Gasteiger partial charge in [-0.05, 0) is 23.3 Å². The largest absolute Gasteiger partial charge is 0.497 e. The van der Waals surface area contributed by atoms with E-state index in [1.54, 1.807) is 7.11 Å². The maximum atomic E-state index is 11.9. The molecule has 0 aliphatic rings. The Hall–Kier alpha value is -2.57. The Morgan fingerprint density at radius 3 is 2.27 bits per heavy atom. The van der Waals surface area contributed by atoms with Crippen LogP contribution < -0.4 is 21.1 Å². The van der Waals surface area contributed by atoms with E-state index in [-0.39, 0.29) is 43.2 Å². The highest BCUT2D eigenvalue weighted by Crippen LogP contribution is 2.13. The van der Waals surface area contributed by atoms with Crippen molar-refractivity contribution in [1.82, 2.24) is 10.6 Å². The highest BCUT2D eigenvalue weighted by Gasteiger charge is 2.12. The lowest BCUT2D eigenvalue weighted by Gasteiger charge is -2.12. The van der Waals surface area contributed by atoms with E-state index in [4.69, 9.17) is 10.5 Å². The predicted octanol–water partition coefficient (Wildman–Crippen LogP) is 1.94. The van der Waals surface area contributed by atoms with Gasteiger partial charge in [0.05, 0.1) is 13.7 Å². The van der Waals surface area contributed by atoms with E-state index in [2.05, 4.69) is 10.6 Å². The summed E-state index contributed by atoms with van der Waals surface area (Å²) in [5.74, 6) is 0.255. The summed E-state index contributed by atoms with van der Waals surface area (Å²) in [4.78, 5) is 23.7. The van der Waals surface area contributed by atoms with Gasteiger partial charge in [0.25, 0.3) is 0 Å². The molecular weight excluding hydrogens is 354 g/mol. The van der Waals surface area contributed by atoms with E-state index in [1.165, 1.54) is 0 Å². The Kier molecular flexibility index (Phi) is 9.19. The van der Waals surface area contributed by atoms with E-state index in [1.807, 2.05) is 54.6 Å². The molecular formula is C19H24ClN3O3. The maximum absolute atomic E-state index is 11.9. The molecule has 4 N–H and O–H groups in total. The van der Waals surface area contributed by atoms with Crippen molar-refractivity contribution in [2.45, 2.75) is 19.0 Å². The summed E-state index contributed by atoms with van der Waals surface area (Å²) in [5, 5.41) is 5.34. The summed E-state index contributed by atoms with van der Waals surface area (Å²) in [6, 6.07) is 16.4. The molecule has 2 aromatic carbocycles. The van der Waals surface area contributed by atoms with Gasteiger partial charge in [-0.3, -0.25) is 9.59 Å². The molecule has 2 rings (SSSR count). The summed E-state index contributed by atoms with van der Waals surface area (Å²) >= 11 is 0. The van der Waals surface area contributed by atoms with Crippen LogP contribution in [0.4, 0.5) is 0 Å². The quantitative estimate of drug-likeness (QED) is 0.655. The van der Waals surface area contributed by atoms with Gasteiger partial charge in [0, 0.05) is 19.0 Å². The van der Waals surface area contributed by atoms with Crippen LogP contribution in [-0.4, -0.2) is 25.5 Å². The van der Waals surface area contributed by atoms with Crippen LogP contribution in [0.1, 0.15) is 23.6 Å². The lowest BCUT2D eigenvalue weighted by molar-refractivity contribution is -0.126. The smallest absolute Gasteiger partial charge is 0.239 e. The molecule has 2 aromatic rings. The van der Waals surface area contributed by atoms with Gasteiger partial charge in [-0.2, -0.15) is 0 Å². The molecule has 7 heteroatoms. The van der Waals surface area contributed by atoms with Crippen LogP contribution in [0.3, 0.4) is 0 Å². The average molecular weight is 378 g/mol. The lowest BCUT2D eigenvalue weighted by Crippen LogP contribution is -2.37. The third-order valence-corrected chi connectivity index (χ3v) is 3.73. The van der Waals surface area contributed by atoms with Crippen molar-refractivity contribution >= 4 is 24.2 Å². The first kappa shape index (κ1) is 21.5. The zero-order valence-corrected chi connectivity index (χ0v) is 15.4. The van der Waals surface area contributed by atoms with Gasteiger partial charge in [0.2, 0.25) is 11.8 Å². The Labute approximate surface area is 159 Å². The summed E-state index contributed by atoms with van der Waals surface area (Å²) in [5.41, 5.74) is 7.83. The van der Waals surface area contributed by atoms with Crippen molar-refractivity contribution in [2.24, 2.45) is 5.73 Å². The second-order valence-electron chi connectivity index (χ2n) is 5.62. The highest BCUT2D eigenvalue weighted by molar-refractivity contribution is 5.85. The topological polar surface area (TPSA) is 93.5 Å². The van der Waals surface area contributed by atoms with Crippen molar-refractivity contribution in [2.75, 3.05) is 13.7 Å². The molecule has 6 nitrogen and oxygen atoms in total. The summed E-state index contributed by atoms with van der Waals surface area (Å²) in [6.07, 6.45) is 0.135. The zero-order chi connectivity index (χ0) is 18.1. The molecule has 1 atom stereocenters. The van der Waals surface area contributed by atoms with Crippen LogP contribution in [0.5, 0.6) is 5.75 Å². The first-order valence-electron chi connectivity index (χ1n) is 8.05. The van der Waals surface area contributed by atoms with Crippen molar-refractivity contribution < 1.29 is 14.3 Å². The second kappa shape index (κ2) is 11.1. The normalized spacial score (nSPS) is 11.0. The van der Waals surface area contributed by atoms with Gasteiger partial charge in [-0.1, -0.05) is 42.5 Å². The summed E-state index contributed by atoms with van der Waals surface area (Å²) in [7, 11) is 1.60. The van der Waals surface area contributed by atoms with Gasteiger partial charge in [-0.25, -0.2) is 0 Å². The van der Waals surface area contributed by atoms with Crippen LogP contribution in [0.25, 0.3) is 0 Å². The Morgan fingerprint density at radius 2 is 1.65 bits per heavy atom. The Morgan fingerprint density at radius 1 is 1.00 bits per heavy atom. The number of methoxy groups -OCH3 is 1. The molecule has 0 spiro atoms. The van der Waals surface area contributed by atoms with E-state index in [0.29, 0.717) is 6.54 Å². The zero-order valence-electron chi connectivity index (χ0n) is 14.6. The minimum Gasteiger partial charge on any atom is -0.497 e. The van der Waals surface area contributed by atoms with Crippen LogP contribution in [0, 0.1) is 0 Å². The number of hydrogen-bond acceptors (Lipinski definition) is 4. The van der Waals surface area contributed by atoms with Gasteiger partial charge in [0.15, 0.2) is 0 Å². The van der Waals surface area contributed by atoms with Gasteiger partial charge in [0.1, 0.15) is 5.75 Å². The standard InChI is InChI=1S/C19H23N3O3.ClH/c1-25-16-9-7-14(8-10-16)12-21-19(24)13-22-18(23)11-17(20)15-5-3-2-4-6-15;/h2-10,17H,11-13,20H2,1H3,(H,21,24)(H,22,23);1H. The van der Waals surface area contributed by atoms with Crippen LogP contribution in [0.2, 0.25) is 0 Å². The van der Waals surface area contributed by atoms with E-state index < -0.39 is 0 Å². The number of carbonyl (C=O) groups excluding carboxylic acids is 2. The number of nitrogens with two attached hydrogens (primary N) is 1. The fraction of sp³-hybridized carbons (Fsp3) is 0.263. The molecule has 0 radical (unpaired) electrons. The SMILES string of the molecule is COc1ccc(CNC(=O)CNC(=O)CC(N)c2ccccc2)cc1.Cl. The van der Waals surface area contributed by atoms with E-state index in [9.17, 15) is 9.59 Å². The number of amides is 2. The average Bonchev–Trinajstić information content (AvgIpc) is 2.65. The van der Waals surface area contributed by atoms with Crippen molar-refractivity contribution in [3.63, 3.8) is 0 Å². The number of carbonyl (C=O) groups is 2. The third-order valence-electron chi connectivity index (χ3n) is 3.73. The highest BCUT2D eigenvalue weighted by atomic mass is 35.5. The molecule has 0 heterocycles. The molecule has 0 saturated carbocycles. The van der Waals surface area contributed by atoms with E-state index >= 15 is 0 Å².